The van der Waals surface area contributed by atoms with Gasteiger partial charge in [-0.1, -0.05) is 22.0 Å². The average Bonchev–Trinajstić information content (AvgIpc) is 2.30. The minimum Gasteiger partial charge on any atom is -0.478 e. The maximum atomic E-state index is 11.7. The van der Waals surface area contributed by atoms with E-state index in [-0.39, 0.29) is 11.3 Å². The zero-order chi connectivity index (χ0) is 14.6. The molecule has 0 aliphatic heterocycles. The molecule has 0 heterocycles. The van der Waals surface area contributed by atoms with Crippen molar-refractivity contribution in [3.8, 4) is 0 Å². The Morgan fingerprint density at radius 3 is 2.47 bits per heavy atom. The quantitative estimate of drug-likeness (QED) is 0.819. The fourth-order valence-corrected chi connectivity index (χ4v) is 3.43. The van der Waals surface area contributed by atoms with Crippen molar-refractivity contribution in [1.29, 1.82) is 0 Å². The standard InChI is InChI=1S/C11H12BrNO5S/c1-13-10(14)6-19(17,18)5-8-3-2-7(11(15)16)4-9(8)12/h2-4H,5-6H2,1H3,(H,13,14)(H,15,16). The molecule has 0 fully saturated rings. The minimum atomic E-state index is -3.59. The number of carbonyl (C=O) groups is 2. The molecule has 0 aromatic heterocycles. The third-order valence-corrected chi connectivity index (χ3v) is 4.50. The van der Waals surface area contributed by atoms with E-state index in [1.54, 1.807) is 0 Å². The van der Waals surface area contributed by atoms with Crippen molar-refractivity contribution >= 4 is 37.6 Å². The summed E-state index contributed by atoms with van der Waals surface area (Å²) >= 11 is 3.12. The first-order valence-electron chi connectivity index (χ1n) is 5.18. The van der Waals surface area contributed by atoms with Crippen molar-refractivity contribution in [3.63, 3.8) is 0 Å². The van der Waals surface area contributed by atoms with Crippen molar-refractivity contribution in [2.75, 3.05) is 12.8 Å². The molecule has 1 aromatic rings. The summed E-state index contributed by atoms with van der Waals surface area (Å²) in [4.78, 5) is 21.8. The lowest BCUT2D eigenvalue weighted by Crippen LogP contribution is -2.27. The van der Waals surface area contributed by atoms with Crippen molar-refractivity contribution in [2.24, 2.45) is 0 Å². The largest absolute Gasteiger partial charge is 0.478 e. The van der Waals surface area contributed by atoms with E-state index in [1.807, 2.05) is 0 Å². The molecule has 0 radical (unpaired) electrons. The number of nitrogens with one attached hydrogen (secondary N) is 1. The van der Waals surface area contributed by atoms with Gasteiger partial charge in [-0.05, 0) is 17.7 Å². The number of carbonyl (C=O) groups excluding carboxylic acids is 1. The second-order valence-corrected chi connectivity index (χ2v) is 6.74. The molecule has 0 saturated carbocycles. The van der Waals surface area contributed by atoms with Gasteiger partial charge in [0.25, 0.3) is 0 Å². The zero-order valence-electron chi connectivity index (χ0n) is 10.0. The van der Waals surface area contributed by atoms with Crippen LogP contribution in [0.3, 0.4) is 0 Å². The van der Waals surface area contributed by atoms with Crippen molar-refractivity contribution in [1.82, 2.24) is 5.32 Å². The predicted octanol–water partition coefficient (Wildman–Crippen LogP) is 0.808. The van der Waals surface area contributed by atoms with E-state index in [9.17, 15) is 18.0 Å². The summed E-state index contributed by atoms with van der Waals surface area (Å²) < 4.78 is 23.9. The van der Waals surface area contributed by atoms with Gasteiger partial charge in [-0.2, -0.15) is 0 Å². The lowest BCUT2D eigenvalue weighted by Gasteiger charge is -2.07. The Labute approximate surface area is 118 Å². The molecule has 0 bridgehead atoms. The molecule has 0 atom stereocenters. The number of hydrogen-bond acceptors (Lipinski definition) is 4. The molecule has 104 valence electrons. The van der Waals surface area contributed by atoms with Crippen LogP contribution in [0.1, 0.15) is 15.9 Å². The normalized spacial score (nSPS) is 11.1. The van der Waals surface area contributed by atoms with Crippen LogP contribution in [-0.2, 0) is 20.4 Å². The summed E-state index contributed by atoms with van der Waals surface area (Å²) in [5, 5.41) is 11.0. The molecule has 0 aliphatic rings. The first-order valence-corrected chi connectivity index (χ1v) is 7.79. The summed E-state index contributed by atoms with van der Waals surface area (Å²) in [6.07, 6.45) is 0. The van der Waals surface area contributed by atoms with Gasteiger partial charge in [0.05, 0.1) is 11.3 Å². The van der Waals surface area contributed by atoms with E-state index in [2.05, 4.69) is 21.2 Å². The Hall–Kier alpha value is -1.41. The van der Waals surface area contributed by atoms with Crippen molar-refractivity contribution < 1.29 is 23.1 Å². The molecule has 1 aromatic carbocycles. The van der Waals surface area contributed by atoms with Crippen LogP contribution < -0.4 is 5.32 Å². The molecule has 0 unspecified atom stereocenters. The highest BCUT2D eigenvalue weighted by molar-refractivity contribution is 9.10. The van der Waals surface area contributed by atoms with Crippen LogP contribution in [0.2, 0.25) is 0 Å². The predicted molar refractivity (Wildman–Crippen MR) is 72.7 cm³/mol. The summed E-state index contributed by atoms with van der Waals surface area (Å²) in [5.74, 6) is -2.61. The van der Waals surface area contributed by atoms with Gasteiger partial charge in [-0.25, -0.2) is 13.2 Å². The van der Waals surface area contributed by atoms with Gasteiger partial charge in [-0.15, -0.1) is 0 Å². The number of sulfone groups is 1. The number of aromatic carboxylic acids is 1. The molecule has 0 aliphatic carbocycles. The Morgan fingerprint density at radius 2 is 2.00 bits per heavy atom. The molecular formula is C11H12BrNO5S. The van der Waals surface area contributed by atoms with E-state index in [0.29, 0.717) is 10.0 Å². The average molecular weight is 350 g/mol. The van der Waals surface area contributed by atoms with Gasteiger partial charge in [0.1, 0.15) is 5.75 Å². The van der Waals surface area contributed by atoms with Gasteiger partial charge in [-0.3, -0.25) is 4.79 Å². The van der Waals surface area contributed by atoms with Crippen LogP contribution >= 0.6 is 15.9 Å². The van der Waals surface area contributed by atoms with Crippen LogP contribution in [0.5, 0.6) is 0 Å². The van der Waals surface area contributed by atoms with Gasteiger partial charge in [0.15, 0.2) is 9.84 Å². The Morgan fingerprint density at radius 1 is 1.37 bits per heavy atom. The second kappa shape index (κ2) is 6.16. The molecule has 8 heteroatoms. The third kappa shape index (κ3) is 4.64. The van der Waals surface area contributed by atoms with Crippen LogP contribution in [-0.4, -0.2) is 38.2 Å². The van der Waals surface area contributed by atoms with E-state index < -0.39 is 27.5 Å². The monoisotopic (exact) mass is 349 g/mol. The SMILES string of the molecule is CNC(=O)CS(=O)(=O)Cc1ccc(C(=O)O)cc1Br. The molecule has 2 N–H and O–H groups in total. The van der Waals surface area contributed by atoms with Crippen molar-refractivity contribution in [3.05, 3.63) is 33.8 Å². The zero-order valence-corrected chi connectivity index (χ0v) is 12.4. The Balaban J connectivity index is 2.94. The lowest BCUT2D eigenvalue weighted by atomic mass is 10.1. The molecule has 6 nitrogen and oxygen atoms in total. The Bertz CT molecular complexity index is 612. The molecular weight excluding hydrogens is 338 g/mol. The third-order valence-electron chi connectivity index (χ3n) is 2.31. The molecule has 0 spiro atoms. The summed E-state index contributed by atoms with van der Waals surface area (Å²) in [6.45, 7) is 0. The van der Waals surface area contributed by atoms with E-state index in [1.165, 1.54) is 25.2 Å². The van der Waals surface area contributed by atoms with Crippen molar-refractivity contribution in [2.45, 2.75) is 5.75 Å². The van der Waals surface area contributed by atoms with Gasteiger partial charge >= 0.3 is 5.97 Å². The lowest BCUT2D eigenvalue weighted by molar-refractivity contribution is -0.118. The van der Waals surface area contributed by atoms with Crippen LogP contribution in [0.15, 0.2) is 22.7 Å². The van der Waals surface area contributed by atoms with Gasteiger partial charge < -0.3 is 10.4 Å². The van der Waals surface area contributed by atoms with E-state index in [0.717, 1.165) is 0 Å². The number of halogens is 1. The fourth-order valence-electron chi connectivity index (χ4n) is 1.36. The fraction of sp³-hybridized carbons (Fsp3) is 0.273. The topological polar surface area (TPSA) is 101 Å². The summed E-state index contributed by atoms with van der Waals surface area (Å²) in [6, 6.07) is 4.06. The van der Waals surface area contributed by atoms with Crippen LogP contribution in [0.4, 0.5) is 0 Å². The van der Waals surface area contributed by atoms with Crippen LogP contribution in [0, 0.1) is 0 Å². The van der Waals surface area contributed by atoms with E-state index >= 15 is 0 Å². The maximum Gasteiger partial charge on any atom is 0.335 e. The number of hydrogen-bond donors (Lipinski definition) is 2. The number of amides is 1. The second-order valence-electron chi connectivity index (χ2n) is 3.82. The molecule has 1 rings (SSSR count). The minimum absolute atomic E-state index is 0.0549. The summed E-state index contributed by atoms with van der Waals surface area (Å²) in [7, 11) is -2.23. The smallest absolute Gasteiger partial charge is 0.335 e. The van der Waals surface area contributed by atoms with Gasteiger partial charge in [0, 0.05) is 11.5 Å². The van der Waals surface area contributed by atoms with Crippen LogP contribution in [0.25, 0.3) is 0 Å². The number of carboxylic acids is 1. The molecule has 1 amide bonds. The summed E-state index contributed by atoms with van der Waals surface area (Å²) in [5.41, 5.74) is 0.466. The highest BCUT2D eigenvalue weighted by Crippen LogP contribution is 2.21. The molecule has 0 saturated heterocycles. The maximum absolute atomic E-state index is 11.7. The number of benzene rings is 1. The van der Waals surface area contributed by atoms with Gasteiger partial charge in [0.2, 0.25) is 5.91 Å². The number of carboxylic acid groups (broad SMARTS) is 1. The highest BCUT2D eigenvalue weighted by Gasteiger charge is 2.18. The molecule has 19 heavy (non-hydrogen) atoms. The number of rotatable bonds is 5. The highest BCUT2D eigenvalue weighted by atomic mass is 79.9. The first kappa shape index (κ1) is 15.6. The Kier molecular flexibility index (Phi) is 5.07. The first-order chi connectivity index (χ1) is 8.75. The van der Waals surface area contributed by atoms with E-state index in [4.69, 9.17) is 5.11 Å².